The molecule has 4 rings (SSSR count). The van der Waals surface area contributed by atoms with Gasteiger partial charge in [0.05, 0.1) is 12.2 Å². The topological polar surface area (TPSA) is 49.8 Å². The van der Waals surface area contributed by atoms with E-state index < -0.39 is 0 Å². The van der Waals surface area contributed by atoms with E-state index >= 15 is 0 Å². The molecule has 0 aromatic heterocycles. The van der Waals surface area contributed by atoms with Crippen LogP contribution in [0.4, 0.5) is 0 Å². The fraction of sp³-hybridized carbons (Fsp3) is 0.343. The van der Waals surface area contributed by atoms with E-state index in [4.69, 9.17) is 4.74 Å². The molecule has 0 heterocycles. The van der Waals surface area contributed by atoms with Crippen LogP contribution in [0.1, 0.15) is 79.9 Å². The van der Waals surface area contributed by atoms with E-state index in [1.165, 1.54) is 5.56 Å². The van der Waals surface area contributed by atoms with Crippen LogP contribution >= 0.6 is 0 Å². The zero-order chi connectivity index (χ0) is 27.8. The highest BCUT2D eigenvalue weighted by molar-refractivity contribution is 5.96. The fourth-order valence-corrected chi connectivity index (χ4v) is 5.48. The van der Waals surface area contributed by atoms with Crippen molar-refractivity contribution in [3.63, 3.8) is 0 Å². The minimum absolute atomic E-state index is 0.0450. The van der Waals surface area contributed by atoms with E-state index in [0.717, 1.165) is 47.7 Å². The van der Waals surface area contributed by atoms with Crippen molar-refractivity contribution in [1.29, 1.82) is 0 Å². The Labute approximate surface area is 233 Å². The summed E-state index contributed by atoms with van der Waals surface area (Å²) in [5.74, 6) is 0.212. The van der Waals surface area contributed by atoms with Gasteiger partial charge in [0, 0.05) is 23.6 Å². The molecule has 0 aliphatic carbocycles. The lowest BCUT2D eigenvalue weighted by molar-refractivity contribution is 0.0733. The number of aliphatic hydroxyl groups is 1. The van der Waals surface area contributed by atoms with E-state index in [-0.39, 0.29) is 18.5 Å². The molecular formula is C35H41NO3. The summed E-state index contributed by atoms with van der Waals surface area (Å²) in [6.45, 7) is 10.0. The van der Waals surface area contributed by atoms with E-state index in [9.17, 15) is 9.90 Å². The van der Waals surface area contributed by atoms with Crippen molar-refractivity contribution >= 4 is 16.7 Å². The number of hydrogen-bond acceptors (Lipinski definition) is 4. The number of fused-ring (bicyclic) bond motifs is 1. The van der Waals surface area contributed by atoms with Crippen molar-refractivity contribution in [3.05, 3.63) is 113 Å². The number of carbonyl (C=O) groups excluding carboxylic acids is 1. The van der Waals surface area contributed by atoms with Gasteiger partial charge in [0.25, 0.3) is 0 Å². The maximum atomic E-state index is 13.3. The molecule has 0 amide bonds. The third-order valence-electron chi connectivity index (χ3n) is 7.51. The Morgan fingerprint density at radius 3 is 2.18 bits per heavy atom. The van der Waals surface area contributed by atoms with E-state index in [1.54, 1.807) is 0 Å². The van der Waals surface area contributed by atoms with Crippen LogP contribution in [0, 0.1) is 0 Å². The van der Waals surface area contributed by atoms with Gasteiger partial charge in [-0.15, -0.1) is 0 Å². The molecule has 4 heteroatoms. The second kappa shape index (κ2) is 13.5. The van der Waals surface area contributed by atoms with Crippen LogP contribution < -0.4 is 4.74 Å². The summed E-state index contributed by atoms with van der Waals surface area (Å²) in [4.78, 5) is 15.8. The van der Waals surface area contributed by atoms with Crippen LogP contribution in [0.2, 0.25) is 0 Å². The van der Waals surface area contributed by atoms with E-state index in [2.05, 4.69) is 56.9 Å². The van der Waals surface area contributed by atoms with Gasteiger partial charge in [-0.2, -0.15) is 0 Å². The maximum absolute atomic E-state index is 13.3. The highest BCUT2D eigenvalue weighted by atomic mass is 16.5. The Morgan fingerprint density at radius 2 is 1.49 bits per heavy atom. The highest BCUT2D eigenvalue weighted by Gasteiger charge is 2.22. The van der Waals surface area contributed by atoms with Gasteiger partial charge in [-0.1, -0.05) is 73.2 Å². The molecule has 204 valence electrons. The lowest BCUT2D eigenvalue weighted by Crippen LogP contribution is -2.37. The smallest absolute Gasteiger partial charge is 0.343 e. The Kier molecular flexibility index (Phi) is 9.91. The summed E-state index contributed by atoms with van der Waals surface area (Å²) in [5.41, 5.74) is 3.44. The van der Waals surface area contributed by atoms with Crippen LogP contribution in [0.5, 0.6) is 5.75 Å². The molecular weight excluding hydrogens is 482 g/mol. The van der Waals surface area contributed by atoms with Crippen molar-refractivity contribution in [2.24, 2.45) is 0 Å². The number of hydrogen-bond donors (Lipinski definition) is 1. The molecule has 1 N–H and O–H groups in total. The van der Waals surface area contributed by atoms with Gasteiger partial charge < -0.3 is 9.84 Å². The third-order valence-corrected chi connectivity index (χ3v) is 7.51. The minimum Gasteiger partial charge on any atom is -0.423 e. The number of unbranched alkanes of at least 4 members (excludes halogenated alkanes) is 1. The first-order valence-electron chi connectivity index (χ1n) is 14.1. The van der Waals surface area contributed by atoms with Crippen LogP contribution in [0.3, 0.4) is 0 Å². The maximum Gasteiger partial charge on any atom is 0.343 e. The molecule has 0 fully saturated rings. The predicted molar refractivity (Wildman–Crippen MR) is 160 cm³/mol. The molecule has 0 aliphatic rings. The first-order chi connectivity index (χ1) is 18.9. The molecule has 0 aliphatic heterocycles. The first kappa shape index (κ1) is 28.5. The lowest BCUT2D eigenvalue weighted by Gasteiger charge is -2.30. The second-order valence-electron chi connectivity index (χ2n) is 10.9. The summed E-state index contributed by atoms with van der Waals surface area (Å²) in [6, 6.07) is 30.7. The molecule has 0 saturated heterocycles. The monoisotopic (exact) mass is 523 g/mol. The third kappa shape index (κ3) is 7.35. The predicted octanol–water partition coefficient (Wildman–Crippen LogP) is 7.97. The number of rotatable bonds is 12. The second-order valence-corrected chi connectivity index (χ2v) is 10.9. The Hall–Kier alpha value is -3.47. The summed E-state index contributed by atoms with van der Waals surface area (Å²) in [7, 11) is 0. The SMILES string of the molecule is CC(C)N(CCCCC(c1ccccc1)c1cc(CO)ccc1OC(=O)c1ccc2ccccc2c1)C(C)C. The quantitative estimate of drug-likeness (QED) is 0.116. The number of aliphatic hydroxyl groups excluding tert-OH is 1. The Balaban J connectivity index is 1.61. The number of nitrogens with zero attached hydrogens (tertiary/aromatic N) is 1. The zero-order valence-electron chi connectivity index (χ0n) is 23.6. The van der Waals surface area contributed by atoms with Crippen LogP contribution in [-0.2, 0) is 6.61 Å². The van der Waals surface area contributed by atoms with E-state index in [0.29, 0.717) is 23.4 Å². The summed E-state index contributed by atoms with van der Waals surface area (Å²) >= 11 is 0. The van der Waals surface area contributed by atoms with Gasteiger partial charge in [0.1, 0.15) is 5.75 Å². The van der Waals surface area contributed by atoms with Gasteiger partial charge in [-0.3, -0.25) is 4.90 Å². The molecule has 0 bridgehead atoms. The molecule has 39 heavy (non-hydrogen) atoms. The summed E-state index contributed by atoms with van der Waals surface area (Å²) in [5, 5.41) is 12.0. The molecule has 4 aromatic rings. The number of benzene rings is 4. The van der Waals surface area contributed by atoms with Gasteiger partial charge in [-0.05, 0) is 93.2 Å². The number of esters is 1. The van der Waals surface area contributed by atoms with Gasteiger partial charge >= 0.3 is 5.97 Å². The van der Waals surface area contributed by atoms with Crippen molar-refractivity contribution in [2.75, 3.05) is 6.54 Å². The standard InChI is InChI=1S/C35H41NO3/c1-25(2)36(26(3)4)21-11-10-16-32(29-13-6-5-7-14-29)33-22-27(24-37)17-20-34(33)39-35(38)31-19-18-28-12-8-9-15-30(28)23-31/h5-9,12-15,17-20,22-23,25-26,32,37H,10-11,16,21,24H2,1-4H3. The van der Waals surface area contributed by atoms with Crippen molar-refractivity contribution < 1.29 is 14.6 Å². The van der Waals surface area contributed by atoms with Gasteiger partial charge in [0.15, 0.2) is 0 Å². The average molecular weight is 524 g/mol. The van der Waals surface area contributed by atoms with Gasteiger partial charge in [-0.25, -0.2) is 4.79 Å². The fourth-order valence-electron chi connectivity index (χ4n) is 5.48. The number of carbonyl (C=O) groups is 1. The van der Waals surface area contributed by atoms with Crippen LogP contribution in [-0.4, -0.2) is 34.6 Å². The minimum atomic E-state index is -0.380. The lowest BCUT2D eigenvalue weighted by atomic mass is 9.85. The van der Waals surface area contributed by atoms with Crippen LogP contribution in [0.15, 0.2) is 91.0 Å². The number of ether oxygens (including phenoxy) is 1. The van der Waals surface area contributed by atoms with Crippen molar-refractivity contribution in [1.82, 2.24) is 4.90 Å². The molecule has 1 atom stereocenters. The molecule has 0 spiro atoms. The van der Waals surface area contributed by atoms with Crippen molar-refractivity contribution in [3.8, 4) is 5.75 Å². The average Bonchev–Trinajstić information content (AvgIpc) is 2.95. The zero-order valence-corrected chi connectivity index (χ0v) is 23.6. The molecule has 4 aromatic carbocycles. The largest absolute Gasteiger partial charge is 0.423 e. The molecule has 0 saturated carbocycles. The Morgan fingerprint density at radius 1 is 0.795 bits per heavy atom. The molecule has 4 nitrogen and oxygen atoms in total. The van der Waals surface area contributed by atoms with E-state index in [1.807, 2.05) is 66.7 Å². The van der Waals surface area contributed by atoms with Gasteiger partial charge in [0.2, 0.25) is 0 Å². The molecule has 0 radical (unpaired) electrons. The highest BCUT2D eigenvalue weighted by Crippen LogP contribution is 2.37. The summed E-state index contributed by atoms with van der Waals surface area (Å²) < 4.78 is 6.06. The molecule has 1 unspecified atom stereocenters. The summed E-state index contributed by atoms with van der Waals surface area (Å²) in [6.07, 6.45) is 3.05. The first-order valence-corrected chi connectivity index (χ1v) is 14.1. The van der Waals surface area contributed by atoms with Crippen molar-refractivity contribution in [2.45, 2.75) is 71.6 Å². The van der Waals surface area contributed by atoms with Crippen LogP contribution in [0.25, 0.3) is 10.8 Å². The Bertz CT molecular complexity index is 1350. The normalized spacial score (nSPS) is 12.4.